The first kappa shape index (κ1) is 46.4. The van der Waals surface area contributed by atoms with Gasteiger partial charge in [-0.2, -0.15) is 6.07 Å². The number of ether oxygens (including phenoxy) is 1. The standard InChI is InChI=1S/C66H51N4O.Pt/c1-65(2,50-25-13-7-14-26-50)52-40-53(66(3,4)51-27-15-8-16-28-51)42-56(41-52)69-45-68(62-35-34-48(39-63(62)69)46-21-9-5-10-22-46)55-37-49(47-23-11-6-12-24-47)38-58(44-55)71-57-30-19-29-54(43-57)70-61-33-18-17-31-59(61)60-32-20-36-67-64(60)70;/h5-42,45H,1-4H3;/q-3;. The molecule has 354 valence electrons. The SMILES string of the molecule is CC(C)(c1ccccc1)c1cc(N2[CH-]N(c3[c-]c(Oc4[c-]c(-n5c6ccccc6c6cccnc65)ccc4)cc(-c4ccccc4)c3)c3ccc(-c4ccccc4)cc32)cc(C(C)(C)c2ccccc2)c1.[Pt]. The van der Waals surface area contributed by atoms with Crippen LogP contribution in [-0.2, 0) is 31.9 Å². The monoisotopic (exact) mass is 1110 g/mol. The first-order chi connectivity index (χ1) is 34.7. The summed E-state index contributed by atoms with van der Waals surface area (Å²) in [5.74, 6) is 1.14. The van der Waals surface area contributed by atoms with E-state index in [1.807, 2.05) is 30.5 Å². The fourth-order valence-corrected chi connectivity index (χ4v) is 10.2. The van der Waals surface area contributed by atoms with Crippen LogP contribution >= 0.6 is 0 Å². The van der Waals surface area contributed by atoms with E-state index in [0.717, 1.165) is 72.6 Å². The summed E-state index contributed by atoms with van der Waals surface area (Å²) in [6.07, 6.45) is 1.84. The van der Waals surface area contributed by atoms with E-state index in [9.17, 15) is 0 Å². The molecule has 72 heavy (non-hydrogen) atoms. The summed E-state index contributed by atoms with van der Waals surface area (Å²) < 4.78 is 9.03. The minimum atomic E-state index is -0.302. The number of para-hydroxylation sites is 1. The maximum absolute atomic E-state index is 6.87. The molecule has 2 aromatic heterocycles. The van der Waals surface area contributed by atoms with E-state index in [4.69, 9.17) is 9.72 Å². The molecule has 0 aliphatic carbocycles. The molecule has 5 nitrogen and oxygen atoms in total. The van der Waals surface area contributed by atoms with Gasteiger partial charge in [0, 0.05) is 77.4 Å². The van der Waals surface area contributed by atoms with E-state index < -0.39 is 0 Å². The minimum Gasteiger partial charge on any atom is -0.509 e. The Balaban J connectivity index is 0.00000560. The van der Waals surface area contributed by atoms with Gasteiger partial charge in [0.05, 0.1) is 5.52 Å². The summed E-state index contributed by atoms with van der Waals surface area (Å²) in [7, 11) is 0. The van der Waals surface area contributed by atoms with Gasteiger partial charge in [-0.1, -0.05) is 185 Å². The predicted molar refractivity (Wildman–Crippen MR) is 292 cm³/mol. The number of nitrogens with zero attached hydrogens (tertiary/aromatic N) is 4. The van der Waals surface area contributed by atoms with Crippen LogP contribution in [0, 0.1) is 18.8 Å². The molecule has 9 aromatic carbocycles. The molecule has 1 aliphatic rings. The molecule has 0 N–H and O–H groups in total. The number of benzene rings is 9. The van der Waals surface area contributed by atoms with Crippen LogP contribution in [0.4, 0.5) is 22.7 Å². The van der Waals surface area contributed by atoms with E-state index >= 15 is 0 Å². The van der Waals surface area contributed by atoms with Crippen molar-refractivity contribution in [2.75, 3.05) is 9.80 Å². The molecule has 12 rings (SSSR count). The smallest absolute Gasteiger partial charge is 0.143 e. The summed E-state index contributed by atoms with van der Waals surface area (Å²) in [5, 5.41) is 2.23. The molecular weight excluding hydrogens is 1060 g/mol. The summed E-state index contributed by atoms with van der Waals surface area (Å²) in [6.45, 7) is 11.6. The van der Waals surface area contributed by atoms with Gasteiger partial charge in [0.15, 0.2) is 0 Å². The fourth-order valence-electron chi connectivity index (χ4n) is 10.2. The van der Waals surface area contributed by atoms with E-state index in [1.54, 1.807) is 0 Å². The van der Waals surface area contributed by atoms with E-state index in [1.165, 1.54) is 22.3 Å². The molecule has 0 radical (unpaired) electrons. The largest absolute Gasteiger partial charge is 0.509 e. The average molecular weight is 1110 g/mol. The van der Waals surface area contributed by atoms with Crippen LogP contribution in [0.15, 0.2) is 231 Å². The van der Waals surface area contributed by atoms with Crippen molar-refractivity contribution in [3.63, 3.8) is 0 Å². The van der Waals surface area contributed by atoms with Crippen LogP contribution in [0.2, 0.25) is 0 Å². The second kappa shape index (κ2) is 19.0. The zero-order valence-electron chi connectivity index (χ0n) is 40.5. The Morgan fingerprint density at radius 3 is 1.68 bits per heavy atom. The maximum atomic E-state index is 6.87. The molecule has 6 heteroatoms. The van der Waals surface area contributed by atoms with E-state index in [0.29, 0.717) is 11.5 Å². The second-order valence-corrected chi connectivity index (χ2v) is 19.4. The molecule has 0 fully saturated rings. The third-order valence-electron chi connectivity index (χ3n) is 14.3. The van der Waals surface area contributed by atoms with Gasteiger partial charge in [-0.15, -0.1) is 54.3 Å². The third kappa shape index (κ3) is 8.48. The summed E-state index contributed by atoms with van der Waals surface area (Å²) >= 11 is 0. The molecule has 0 atom stereocenters. The zero-order valence-corrected chi connectivity index (χ0v) is 42.8. The van der Waals surface area contributed by atoms with Crippen molar-refractivity contribution in [3.8, 4) is 39.4 Å². The third-order valence-corrected chi connectivity index (χ3v) is 14.3. The molecule has 0 saturated carbocycles. The fraction of sp³-hybridized carbons (Fsp3) is 0.0909. The number of hydrogen-bond acceptors (Lipinski definition) is 4. The zero-order chi connectivity index (χ0) is 48.1. The molecule has 0 bridgehead atoms. The minimum absolute atomic E-state index is 0. The van der Waals surface area contributed by atoms with E-state index in [-0.39, 0.29) is 31.9 Å². The van der Waals surface area contributed by atoms with Crippen molar-refractivity contribution in [1.82, 2.24) is 9.55 Å². The molecule has 1 aliphatic heterocycles. The summed E-state index contributed by atoms with van der Waals surface area (Å²) in [5.41, 5.74) is 15.5. The molecule has 0 amide bonds. The van der Waals surface area contributed by atoms with Gasteiger partial charge in [0.1, 0.15) is 5.65 Å². The van der Waals surface area contributed by atoms with Gasteiger partial charge >= 0.3 is 0 Å². The molecule has 0 saturated heterocycles. The van der Waals surface area contributed by atoms with Crippen molar-refractivity contribution < 1.29 is 25.8 Å². The summed E-state index contributed by atoms with van der Waals surface area (Å²) in [4.78, 5) is 9.44. The van der Waals surface area contributed by atoms with Crippen molar-refractivity contribution in [1.29, 1.82) is 0 Å². The van der Waals surface area contributed by atoms with Crippen LogP contribution in [0.1, 0.15) is 49.9 Å². The molecule has 11 aromatic rings. The Kier molecular flexibility index (Phi) is 12.2. The van der Waals surface area contributed by atoms with Gasteiger partial charge < -0.3 is 19.1 Å². The molecular formula is C66H51N4OPt-3. The van der Waals surface area contributed by atoms with Gasteiger partial charge in [-0.05, 0) is 81.4 Å². The van der Waals surface area contributed by atoms with E-state index in [2.05, 4.69) is 261 Å². The normalized spacial score (nSPS) is 12.5. The topological polar surface area (TPSA) is 33.5 Å². The van der Waals surface area contributed by atoms with Crippen molar-refractivity contribution >= 4 is 44.7 Å². The second-order valence-electron chi connectivity index (χ2n) is 19.4. The van der Waals surface area contributed by atoms with Crippen molar-refractivity contribution in [2.24, 2.45) is 0 Å². The number of rotatable bonds is 11. The Morgan fingerprint density at radius 1 is 0.431 bits per heavy atom. The number of hydrogen-bond donors (Lipinski definition) is 0. The first-order valence-electron chi connectivity index (χ1n) is 24.3. The molecule has 0 spiro atoms. The van der Waals surface area contributed by atoms with Gasteiger partial charge in [0.25, 0.3) is 0 Å². The first-order valence-corrected chi connectivity index (χ1v) is 24.3. The maximum Gasteiger partial charge on any atom is 0.143 e. The quantitative estimate of drug-likeness (QED) is 0.121. The van der Waals surface area contributed by atoms with Gasteiger partial charge in [-0.25, -0.2) is 4.98 Å². The molecule has 0 unspecified atom stereocenters. The van der Waals surface area contributed by atoms with Crippen LogP contribution in [-0.4, -0.2) is 9.55 Å². The van der Waals surface area contributed by atoms with Crippen LogP contribution in [0.5, 0.6) is 11.5 Å². The number of fused-ring (bicyclic) bond motifs is 4. The molecule has 3 heterocycles. The number of anilines is 4. The Labute approximate surface area is 436 Å². The Morgan fingerprint density at radius 2 is 1.01 bits per heavy atom. The van der Waals surface area contributed by atoms with Gasteiger partial charge in [-0.3, -0.25) is 0 Å². The van der Waals surface area contributed by atoms with Crippen LogP contribution in [0.25, 0.3) is 49.9 Å². The predicted octanol–water partition coefficient (Wildman–Crippen LogP) is 17.0. The van der Waals surface area contributed by atoms with Crippen LogP contribution < -0.4 is 14.5 Å². The number of pyridine rings is 1. The van der Waals surface area contributed by atoms with Crippen molar-refractivity contribution in [3.05, 3.63) is 272 Å². The Hall–Kier alpha value is -7.98. The summed E-state index contributed by atoms with van der Waals surface area (Å²) in [6, 6.07) is 86.9. The average Bonchev–Trinajstić information content (AvgIpc) is 3.98. The van der Waals surface area contributed by atoms with Crippen molar-refractivity contribution in [2.45, 2.75) is 38.5 Å². The number of aromatic nitrogens is 2. The Bertz CT molecular complexity index is 3600. The van der Waals surface area contributed by atoms with Gasteiger partial charge in [0.2, 0.25) is 0 Å². The van der Waals surface area contributed by atoms with Crippen LogP contribution in [0.3, 0.4) is 0 Å².